The molecule has 2 N–H and O–H groups in total. The normalized spacial score (nSPS) is 9.00. The first-order chi connectivity index (χ1) is 4.79. The van der Waals surface area contributed by atoms with Gasteiger partial charge in [0.15, 0.2) is 0 Å². The number of hydrogen-bond acceptors (Lipinski definition) is 3. The van der Waals surface area contributed by atoms with Crippen LogP contribution in [0.25, 0.3) is 0 Å². The van der Waals surface area contributed by atoms with Gasteiger partial charge in [0, 0.05) is 19.5 Å². The van der Waals surface area contributed by atoms with E-state index in [1.165, 1.54) is 0 Å². The van der Waals surface area contributed by atoms with Crippen molar-refractivity contribution in [3.05, 3.63) is 30.3 Å². The third kappa shape index (κ3) is 4.44. The molecule has 1 aromatic carbocycles. The minimum absolute atomic E-state index is 0. The van der Waals surface area contributed by atoms with Crippen LogP contribution in [-0.2, 0) is 19.5 Å². The third-order valence-corrected chi connectivity index (χ3v) is 1.30. The van der Waals surface area contributed by atoms with E-state index in [4.69, 9.17) is 9.79 Å². The molecule has 0 fully saturated rings. The molecule has 56 valence electrons. The summed E-state index contributed by atoms with van der Waals surface area (Å²) >= 11 is 0. The summed E-state index contributed by atoms with van der Waals surface area (Å²) in [4.78, 5) is 16.8. The van der Waals surface area contributed by atoms with Crippen molar-refractivity contribution in [3.8, 4) is 5.75 Å². The topological polar surface area (TPSA) is 49.7 Å². The Morgan fingerprint density at radius 3 is 2.09 bits per heavy atom. The Morgan fingerprint density at radius 1 is 1.09 bits per heavy atom. The smallest absolute Gasteiger partial charge is 0.391 e. The van der Waals surface area contributed by atoms with Crippen LogP contribution in [0, 0.1) is 0 Å². The molecule has 0 spiro atoms. The van der Waals surface area contributed by atoms with Crippen LogP contribution in [0.3, 0.4) is 0 Å². The summed E-state index contributed by atoms with van der Waals surface area (Å²) in [6.07, 6.45) is 0. The van der Waals surface area contributed by atoms with Crippen molar-refractivity contribution < 1.29 is 33.8 Å². The molecule has 11 heavy (non-hydrogen) atoms. The minimum atomic E-state index is -2.28. The molecule has 0 bridgehead atoms. The van der Waals surface area contributed by atoms with Gasteiger partial charge in [-0.25, -0.2) is 0 Å². The van der Waals surface area contributed by atoms with Crippen LogP contribution in [0.4, 0.5) is 0 Å². The number of hydrogen-bond donors (Lipinski definition) is 2. The Morgan fingerprint density at radius 2 is 1.64 bits per heavy atom. The first kappa shape index (κ1) is 11.0. The van der Waals surface area contributed by atoms with E-state index in [1.54, 1.807) is 24.3 Å². The van der Waals surface area contributed by atoms with Crippen LogP contribution in [-0.4, -0.2) is 9.79 Å². The molecule has 5 heteroatoms. The Bertz CT molecular complexity index is 192. The quantitative estimate of drug-likeness (QED) is 0.586. The predicted molar refractivity (Wildman–Crippen MR) is 38.4 cm³/mol. The van der Waals surface area contributed by atoms with Gasteiger partial charge < -0.3 is 14.3 Å². The maximum atomic E-state index is 8.40. The molecule has 1 aromatic rings. The summed E-state index contributed by atoms with van der Waals surface area (Å²) in [5.74, 6) is 0.471. The molecule has 0 aromatic heterocycles. The summed E-state index contributed by atoms with van der Waals surface area (Å²) in [5, 5.41) is 0. The summed E-state index contributed by atoms with van der Waals surface area (Å²) in [5.41, 5.74) is 0. The van der Waals surface area contributed by atoms with Gasteiger partial charge in [0.05, 0.1) is 0 Å². The zero-order chi connectivity index (χ0) is 7.40. The van der Waals surface area contributed by atoms with Crippen molar-refractivity contribution in [2.24, 2.45) is 0 Å². The van der Waals surface area contributed by atoms with Crippen molar-refractivity contribution in [2.75, 3.05) is 0 Å². The zero-order valence-electron chi connectivity index (χ0n) is 5.84. The van der Waals surface area contributed by atoms with Crippen molar-refractivity contribution in [1.82, 2.24) is 0 Å². The van der Waals surface area contributed by atoms with Gasteiger partial charge >= 0.3 is 8.60 Å². The molecular weight excluding hydrogens is 216 g/mol. The number of para-hydroxylation sites is 1. The summed E-state index contributed by atoms with van der Waals surface area (Å²) in [6.45, 7) is 0. The molecule has 0 saturated heterocycles. The average Bonchev–Trinajstić information content (AvgIpc) is 1.88. The van der Waals surface area contributed by atoms with E-state index in [0.29, 0.717) is 5.75 Å². The minimum Gasteiger partial charge on any atom is -0.427 e. The Kier molecular flexibility index (Phi) is 5.62. The molecule has 1 rings (SSSR count). The van der Waals surface area contributed by atoms with E-state index >= 15 is 0 Å². The summed E-state index contributed by atoms with van der Waals surface area (Å²) in [6, 6.07) is 8.65. The van der Waals surface area contributed by atoms with E-state index in [2.05, 4.69) is 4.52 Å². The maximum Gasteiger partial charge on any atom is 0.391 e. The Hall–Kier alpha value is -0.00662. The van der Waals surface area contributed by atoms with Crippen molar-refractivity contribution >= 4 is 8.60 Å². The van der Waals surface area contributed by atoms with E-state index in [9.17, 15) is 0 Å². The predicted octanol–water partition coefficient (Wildman–Crippen LogP) is 1.27. The Balaban J connectivity index is 0.000001000. The fourth-order valence-corrected chi connectivity index (χ4v) is 0.886. The number of rotatable bonds is 2. The Labute approximate surface area is 78.8 Å². The molecular formula is C6H7O3PZn. The molecule has 0 aliphatic heterocycles. The molecule has 0 aliphatic rings. The molecule has 3 nitrogen and oxygen atoms in total. The van der Waals surface area contributed by atoms with Crippen molar-refractivity contribution in [1.29, 1.82) is 0 Å². The van der Waals surface area contributed by atoms with Gasteiger partial charge in [0.25, 0.3) is 0 Å². The van der Waals surface area contributed by atoms with E-state index in [0.717, 1.165) is 0 Å². The molecule has 0 unspecified atom stereocenters. The first-order valence-corrected chi connectivity index (χ1v) is 3.86. The maximum absolute atomic E-state index is 8.40. The van der Waals surface area contributed by atoms with E-state index in [-0.39, 0.29) is 19.5 Å². The van der Waals surface area contributed by atoms with Gasteiger partial charge in [-0.15, -0.1) is 0 Å². The van der Waals surface area contributed by atoms with Gasteiger partial charge in [-0.3, -0.25) is 0 Å². The van der Waals surface area contributed by atoms with Gasteiger partial charge in [-0.05, 0) is 12.1 Å². The molecule has 0 atom stereocenters. The third-order valence-electron chi connectivity index (χ3n) is 0.930. The molecule has 0 radical (unpaired) electrons. The fourth-order valence-electron chi connectivity index (χ4n) is 0.576. The van der Waals surface area contributed by atoms with Gasteiger partial charge in [-0.1, -0.05) is 18.2 Å². The fraction of sp³-hybridized carbons (Fsp3) is 0. The van der Waals surface area contributed by atoms with Crippen LogP contribution >= 0.6 is 8.60 Å². The van der Waals surface area contributed by atoms with Crippen LogP contribution in [0.2, 0.25) is 0 Å². The average molecular weight is 223 g/mol. The second-order valence-electron chi connectivity index (χ2n) is 1.66. The molecule has 0 heterocycles. The van der Waals surface area contributed by atoms with Gasteiger partial charge in [-0.2, -0.15) is 0 Å². The summed E-state index contributed by atoms with van der Waals surface area (Å²) < 4.78 is 4.59. The van der Waals surface area contributed by atoms with Crippen molar-refractivity contribution in [2.45, 2.75) is 0 Å². The van der Waals surface area contributed by atoms with Crippen molar-refractivity contribution in [3.63, 3.8) is 0 Å². The van der Waals surface area contributed by atoms with Crippen LogP contribution in [0.1, 0.15) is 0 Å². The van der Waals surface area contributed by atoms with E-state index < -0.39 is 8.60 Å². The molecule has 0 saturated carbocycles. The standard InChI is InChI=1S/C6H7O3P.Zn/c7-10(8)9-6-4-2-1-3-5-6;/h1-5,7-8H;. The largest absolute Gasteiger partial charge is 0.427 e. The molecule has 0 amide bonds. The monoisotopic (exact) mass is 222 g/mol. The van der Waals surface area contributed by atoms with Crippen LogP contribution in [0.15, 0.2) is 30.3 Å². The number of benzene rings is 1. The second kappa shape index (κ2) is 5.62. The van der Waals surface area contributed by atoms with Crippen LogP contribution < -0.4 is 4.52 Å². The second-order valence-corrected chi connectivity index (χ2v) is 2.35. The van der Waals surface area contributed by atoms with Crippen LogP contribution in [0.5, 0.6) is 5.75 Å². The summed E-state index contributed by atoms with van der Waals surface area (Å²) in [7, 11) is -2.28. The van der Waals surface area contributed by atoms with Gasteiger partial charge in [0.2, 0.25) is 0 Å². The van der Waals surface area contributed by atoms with E-state index in [1.807, 2.05) is 6.07 Å². The SMILES string of the molecule is OP(O)Oc1ccccc1.[Zn]. The first-order valence-electron chi connectivity index (χ1n) is 2.70. The zero-order valence-corrected chi connectivity index (χ0v) is 9.71. The van der Waals surface area contributed by atoms with Gasteiger partial charge in [0.1, 0.15) is 5.75 Å². The molecule has 0 aliphatic carbocycles.